The van der Waals surface area contributed by atoms with Crippen LogP contribution < -0.4 is 4.72 Å². The Hall–Kier alpha value is -3.63. The third kappa shape index (κ3) is 3.42. The molecule has 0 aliphatic carbocycles. The van der Waals surface area contributed by atoms with Crippen molar-refractivity contribution in [1.29, 1.82) is 0 Å². The van der Waals surface area contributed by atoms with Gasteiger partial charge in [0, 0.05) is 16.8 Å². The van der Waals surface area contributed by atoms with Crippen molar-refractivity contribution in [2.75, 3.05) is 4.72 Å². The molecule has 2 heterocycles. The van der Waals surface area contributed by atoms with E-state index in [4.69, 9.17) is 4.42 Å². The number of hydrogen-bond donors (Lipinski definition) is 1. The van der Waals surface area contributed by atoms with Crippen LogP contribution in [-0.4, -0.2) is 27.4 Å². The average Bonchev–Trinajstić information content (AvgIpc) is 3.44. The van der Waals surface area contributed by atoms with E-state index in [1.807, 2.05) is 30.3 Å². The Bertz CT molecular complexity index is 1450. The Kier molecular flexibility index (Phi) is 4.49. The van der Waals surface area contributed by atoms with Gasteiger partial charge in [-0.2, -0.15) is 8.75 Å². The summed E-state index contributed by atoms with van der Waals surface area (Å²) in [4.78, 5) is 0.0725. The van der Waals surface area contributed by atoms with Crippen molar-refractivity contribution >= 4 is 38.5 Å². The third-order valence-corrected chi connectivity index (χ3v) is 6.30. The summed E-state index contributed by atoms with van der Waals surface area (Å²) in [7, 11) is -3.86. The summed E-state index contributed by atoms with van der Waals surface area (Å²) in [5, 5.41) is 8.16. The Morgan fingerprint density at radius 2 is 1.53 bits per heavy atom. The van der Waals surface area contributed by atoms with Gasteiger partial charge in [-0.3, -0.25) is 4.72 Å². The summed E-state index contributed by atoms with van der Waals surface area (Å²) < 4.78 is 42.4. The zero-order valence-corrected chi connectivity index (χ0v) is 16.9. The number of rotatable bonds is 5. The molecule has 0 aliphatic heterocycles. The van der Waals surface area contributed by atoms with Crippen LogP contribution in [0.5, 0.6) is 0 Å². The lowest BCUT2D eigenvalue weighted by molar-refractivity contribution is 0.584. The number of anilines is 1. The van der Waals surface area contributed by atoms with E-state index in [1.165, 1.54) is 6.07 Å². The summed E-state index contributed by atoms with van der Waals surface area (Å²) in [6.07, 6.45) is 0. The second kappa shape index (κ2) is 7.32. The molecule has 0 aliphatic rings. The van der Waals surface area contributed by atoms with Crippen molar-refractivity contribution in [3.05, 3.63) is 72.8 Å². The van der Waals surface area contributed by atoms with Crippen LogP contribution in [-0.2, 0) is 10.0 Å². The Morgan fingerprint density at radius 1 is 0.800 bits per heavy atom. The number of benzene rings is 3. The lowest BCUT2D eigenvalue weighted by Crippen LogP contribution is -2.13. The molecular weight excluding hydrogens is 422 g/mol. The topological polar surface area (TPSA) is 111 Å². The number of nitrogens with zero attached hydrogens (tertiary/aromatic N) is 4. The van der Waals surface area contributed by atoms with Crippen LogP contribution in [0, 0.1) is 0 Å². The number of sulfonamides is 1. The van der Waals surface area contributed by atoms with E-state index in [0.717, 1.165) is 17.3 Å². The maximum Gasteiger partial charge on any atom is 0.264 e. The van der Waals surface area contributed by atoms with Crippen LogP contribution in [0.1, 0.15) is 0 Å². The fourth-order valence-electron chi connectivity index (χ4n) is 2.96. The Balaban J connectivity index is 1.46. The van der Waals surface area contributed by atoms with Gasteiger partial charge < -0.3 is 4.42 Å². The van der Waals surface area contributed by atoms with Gasteiger partial charge in [0.05, 0.1) is 11.7 Å². The molecule has 0 amide bonds. The van der Waals surface area contributed by atoms with Crippen molar-refractivity contribution in [3.8, 4) is 22.9 Å². The highest BCUT2D eigenvalue weighted by molar-refractivity contribution is 7.93. The quantitative estimate of drug-likeness (QED) is 0.440. The normalized spacial score (nSPS) is 11.6. The van der Waals surface area contributed by atoms with E-state index >= 15 is 0 Å². The molecular formula is C20H13N5O3S2. The minimum Gasteiger partial charge on any atom is -0.416 e. The van der Waals surface area contributed by atoms with Gasteiger partial charge in [0.25, 0.3) is 10.0 Å². The monoisotopic (exact) mass is 435 g/mol. The van der Waals surface area contributed by atoms with E-state index in [9.17, 15) is 8.42 Å². The molecule has 3 aromatic carbocycles. The highest BCUT2D eigenvalue weighted by Crippen LogP contribution is 2.28. The van der Waals surface area contributed by atoms with Gasteiger partial charge in [0.1, 0.15) is 15.9 Å². The number of nitrogens with one attached hydrogen (secondary N) is 1. The fourth-order valence-corrected chi connectivity index (χ4v) is 4.78. The molecule has 2 aromatic heterocycles. The first kappa shape index (κ1) is 18.4. The molecule has 1 N–H and O–H groups in total. The minimum absolute atomic E-state index is 0.0725. The molecule has 0 atom stereocenters. The van der Waals surface area contributed by atoms with Crippen molar-refractivity contribution in [1.82, 2.24) is 18.9 Å². The molecule has 10 heteroatoms. The van der Waals surface area contributed by atoms with Gasteiger partial charge in [-0.25, -0.2) is 8.42 Å². The molecule has 148 valence electrons. The molecule has 0 fully saturated rings. The molecule has 0 bridgehead atoms. The van der Waals surface area contributed by atoms with E-state index in [0.29, 0.717) is 34.1 Å². The summed E-state index contributed by atoms with van der Waals surface area (Å²) in [5.74, 6) is 0.681. The van der Waals surface area contributed by atoms with Crippen molar-refractivity contribution < 1.29 is 12.8 Å². The molecule has 0 spiro atoms. The highest BCUT2D eigenvalue weighted by atomic mass is 32.2. The predicted octanol–water partition coefficient (Wildman–Crippen LogP) is 4.21. The first-order chi connectivity index (χ1) is 14.6. The maximum atomic E-state index is 12.9. The molecule has 0 radical (unpaired) electrons. The standard InChI is InChI=1S/C20H13N5O3S2/c26-30(27,17-11-5-10-16-18(17)24-29-23-16)25-15-9-4-8-14(12-15)20-22-21-19(28-20)13-6-2-1-3-7-13/h1-12,25H. The summed E-state index contributed by atoms with van der Waals surface area (Å²) in [6, 6.07) is 21.0. The Morgan fingerprint density at radius 3 is 2.37 bits per heavy atom. The first-order valence-electron chi connectivity index (χ1n) is 8.84. The summed E-state index contributed by atoms with van der Waals surface area (Å²) >= 11 is 0.970. The second-order valence-corrected chi connectivity index (χ2v) is 8.53. The third-order valence-electron chi connectivity index (χ3n) is 4.35. The van der Waals surface area contributed by atoms with Gasteiger partial charge in [-0.1, -0.05) is 30.3 Å². The van der Waals surface area contributed by atoms with Gasteiger partial charge in [-0.15, -0.1) is 10.2 Å². The van der Waals surface area contributed by atoms with Gasteiger partial charge in [0.15, 0.2) is 0 Å². The van der Waals surface area contributed by atoms with E-state index in [-0.39, 0.29) is 4.90 Å². The van der Waals surface area contributed by atoms with Crippen LogP contribution in [0.25, 0.3) is 33.9 Å². The zero-order chi connectivity index (χ0) is 20.6. The largest absolute Gasteiger partial charge is 0.416 e. The van der Waals surface area contributed by atoms with Crippen molar-refractivity contribution in [2.45, 2.75) is 4.90 Å². The van der Waals surface area contributed by atoms with Gasteiger partial charge in [-0.05, 0) is 42.5 Å². The SMILES string of the molecule is O=S(=O)(Nc1cccc(-c2nnc(-c3ccccc3)o2)c1)c1cccc2nsnc12. The highest BCUT2D eigenvalue weighted by Gasteiger charge is 2.20. The molecule has 5 rings (SSSR count). The average molecular weight is 435 g/mol. The lowest BCUT2D eigenvalue weighted by atomic mass is 10.2. The zero-order valence-electron chi connectivity index (χ0n) is 15.3. The molecule has 0 saturated heterocycles. The van der Waals surface area contributed by atoms with E-state index in [1.54, 1.807) is 36.4 Å². The molecule has 0 saturated carbocycles. The molecule has 0 unspecified atom stereocenters. The van der Waals surface area contributed by atoms with Crippen molar-refractivity contribution in [3.63, 3.8) is 0 Å². The Labute approximate surface area is 175 Å². The predicted molar refractivity (Wildman–Crippen MR) is 113 cm³/mol. The van der Waals surface area contributed by atoms with Gasteiger partial charge >= 0.3 is 0 Å². The minimum atomic E-state index is -3.86. The maximum absolute atomic E-state index is 12.9. The van der Waals surface area contributed by atoms with E-state index < -0.39 is 10.0 Å². The van der Waals surface area contributed by atoms with Crippen LogP contribution in [0.2, 0.25) is 0 Å². The number of fused-ring (bicyclic) bond motifs is 1. The summed E-state index contributed by atoms with van der Waals surface area (Å²) in [6.45, 7) is 0. The number of hydrogen-bond acceptors (Lipinski definition) is 8. The van der Waals surface area contributed by atoms with Crippen LogP contribution in [0.3, 0.4) is 0 Å². The molecule has 8 nitrogen and oxygen atoms in total. The lowest BCUT2D eigenvalue weighted by Gasteiger charge is -2.09. The van der Waals surface area contributed by atoms with Crippen LogP contribution in [0.4, 0.5) is 5.69 Å². The molecule has 30 heavy (non-hydrogen) atoms. The fraction of sp³-hybridized carbons (Fsp3) is 0. The van der Waals surface area contributed by atoms with E-state index in [2.05, 4.69) is 23.7 Å². The summed E-state index contributed by atoms with van der Waals surface area (Å²) in [5.41, 5.74) is 2.65. The van der Waals surface area contributed by atoms with Crippen LogP contribution >= 0.6 is 11.7 Å². The first-order valence-corrected chi connectivity index (χ1v) is 11.0. The number of aromatic nitrogens is 4. The van der Waals surface area contributed by atoms with Gasteiger partial charge in [0.2, 0.25) is 11.8 Å². The van der Waals surface area contributed by atoms with Crippen LogP contribution in [0.15, 0.2) is 82.1 Å². The molecule has 5 aromatic rings. The van der Waals surface area contributed by atoms with Crippen molar-refractivity contribution in [2.24, 2.45) is 0 Å². The second-order valence-electron chi connectivity index (χ2n) is 6.35. The smallest absolute Gasteiger partial charge is 0.264 e.